The van der Waals surface area contributed by atoms with Gasteiger partial charge >= 0.3 is 6.61 Å². The number of anilines is 1. The van der Waals surface area contributed by atoms with Gasteiger partial charge in [0.2, 0.25) is 0 Å². The molecule has 0 fully saturated rings. The van der Waals surface area contributed by atoms with E-state index in [1.807, 2.05) is 0 Å². The summed E-state index contributed by atoms with van der Waals surface area (Å²) >= 11 is 0. The van der Waals surface area contributed by atoms with Crippen molar-refractivity contribution in [2.24, 2.45) is 5.16 Å². The average molecular weight is 352 g/mol. The molecule has 8 heteroatoms. The zero-order valence-corrected chi connectivity index (χ0v) is 13.2. The van der Waals surface area contributed by atoms with Crippen molar-refractivity contribution in [3.63, 3.8) is 0 Å². The molecule has 0 aliphatic carbocycles. The summed E-state index contributed by atoms with van der Waals surface area (Å²) in [6.45, 7) is -1.63. The fourth-order valence-corrected chi connectivity index (χ4v) is 1.80. The summed E-state index contributed by atoms with van der Waals surface area (Å²) in [5.74, 6) is -0.894. The number of halogens is 3. The van der Waals surface area contributed by atoms with Crippen molar-refractivity contribution in [2.75, 3.05) is 11.9 Å². The lowest BCUT2D eigenvalue weighted by Gasteiger charge is -2.05. The first-order valence-corrected chi connectivity index (χ1v) is 7.20. The van der Waals surface area contributed by atoms with Gasteiger partial charge in [-0.1, -0.05) is 11.2 Å². The third-order valence-electron chi connectivity index (χ3n) is 3.03. The number of amides is 1. The molecule has 0 unspecified atom stereocenters. The van der Waals surface area contributed by atoms with Gasteiger partial charge in [-0.15, -0.1) is 0 Å². The number of alkyl halides is 2. The largest absolute Gasteiger partial charge is 0.435 e. The van der Waals surface area contributed by atoms with Crippen LogP contribution in [0.2, 0.25) is 0 Å². The Bertz CT molecular complexity index is 749. The van der Waals surface area contributed by atoms with E-state index in [2.05, 4.69) is 15.2 Å². The Morgan fingerprint density at radius 2 is 1.96 bits per heavy atom. The molecule has 0 heterocycles. The number of nitrogens with one attached hydrogen (secondary N) is 1. The van der Waals surface area contributed by atoms with Crippen LogP contribution in [0.25, 0.3) is 0 Å². The van der Waals surface area contributed by atoms with Crippen LogP contribution in [-0.2, 0) is 9.63 Å². The van der Waals surface area contributed by atoms with Crippen molar-refractivity contribution in [3.8, 4) is 5.75 Å². The van der Waals surface area contributed by atoms with Gasteiger partial charge in [-0.2, -0.15) is 8.78 Å². The molecule has 0 radical (unpaired) electrons. The Balaban J connectivity index is 1.78. The number of aryl methyl sites for hydroxylation is 1. The number of oxime groups is 1. The first kappa shape index (κ1) is 18.3. The van der Waals surface area contributed by atoms with E-state index in [0.717, 1.165) is 0 Å². The first-order chi connectivity index (χ1) is 11.9. The zero-order valence-electron chi connectivity index (χ0n) is 13.2. The molecule has 0 bridgehead atoms. The summed E-state index contributed by atoms with van der Waals surface area (Å²) in [7, 11) is 0. The molecule has 132 valence electrons. The van der Waals surface area contributed by atoms with Crippen LogP contribution in [0, 0.1) is 12.7 Å². The van der Waals surface area contributed by atoms with Crippen LogP contribution in [0.4, 0.5) is 18.9 Å². The minimum atomic E-state index is -2.89. The number of rotatable bonds is 7. The maximum Gasteiger partial charge on any atom is 0.387 e. The molecule has 5 nitrogen and oxygen atoms in total. The third kappa shape index (κ3) is 6.17. The standard InChI is InChI=1S/C17H15F3N2O3/c1-11-2-5-13(8-15(11)18)22-16(23)10-24-21-9-12-3-6-14(7-4-12)25-17(19)20/h2-9,17H,10H2,1H3,(H,22,23)/b21-9+. The minimum absolute atomic E-state index is 0.0257. The molecule has 0 saturated carbocycles. The van der Waals surface area contributed by atoms with Crippen molar-refractivity contribution in [1.29, 1.82) is 0 Å². The highest BCUT2D eigenvalue weighted by molar-refractivity contribution is 5.91. The van der Waals surface area contributed by atoms with E-state index in [9.17, 15) is 18.0 Å². The first-order valence-electron chi connectivity index (χ1n) is 7.20. The smallest absolute Gasteiger partial charge is 0.387 e. The number of nitrogens with zero attached hydrogens (tertiary/aromatic N) is 1. The van der Waals surface area contributed by atoms with E-state index < -0.39 is 18.3 Å². The SMILES string of the molecule is Cc1ccc(NC(=O)CO/N=C/c2ccc(OC(F)F)cc2)cc1F. The second-order valence-electron chi connectivity index (χ2n) is 4.97. The summed E-state index contributed by atoms with van der Waals surface area (Å²) in [5, 5.41) is 6.07. The highest BCUT2D eigenvalue weighted by atomic mass is 19.3. The van der Waals surface area contributed by atoms with Gasteiger partial charge in [-0.3, -0.25) is 4.79 Å². The molecular formula is C17H15F3N2O3. The lowest BCUT2D eigenvalue weighted by atomic mass is 10.2. The fraction of sp³-hybridized carbons (Fsp3) is 0.176. The number of hydrogen-bond acceptors (Lipinski definition) is 4. The second-order valence-corrected chi connectivity index (χ2v) is 4.97. The van der Waals surface area contributed by atoms with E-state index >= 15 is 0 Å². The highest BCUT2D eigenvalue weighted by Crippen LogP contribution is 2.14. The van der Waals surface area contributed by atoms with Gasteiger partial charge in [-0.25, -0.2) is 4.39 Å². The van der Waals surface area contributed by atoms with Gasteiger partial charge in [0.25, 0.3) is 5.91 Å². The van der Waals surface area contributed by atoms with E-state index in [1.165, 1.54) is 36.5 Å². The molecule has 0 aliphatic rings. The molecule has 2 rings (SSSR count). The molecule has 0 aromatic heterocycles. The van der Waals surface area contributed by atoms with Gasteiger partial charge in [0.15, 0.2) is 6.61 Å². The quantitative estimate of drug-likeness (QED) is 0.610. The molecule has 2 aromatic carbocycles. The van der Waals surface area contributed by atoms with Gasteiger partial charge in [0.1, 0.15) is 11.6 Å². The van der Waals surface area contributed by atoms with Crippen LogP contribution in [0.15, 0.2) is 47.6 Å². The van der Waals surface area contributed by atoms with Crippen molar-refractivity contribution in [3.05, 3.63) is 59.4 Å². The summed E-state index contributed by atoms with van der Waals surface area (Å²) < 4.78 is 41.6. The topological polar surface area (TPSA) is 59.9 Å². The van der Waals surface area contributed by atoms with E-state index in [0.29, 0.717) is 16.8 Å². The molecule has 0 spiro atoms. The lowest BCUT2D eigenvalue weighted by Crippen LogP contribution is -2.17. The summed E-state index contributed by atoms with van der Waals surface area (Å²) in [4.78, 5) is 16.5. The molecule has 1 amide bonds. The number of hydrogen-bond donors (Lipinski definition) is 1. The Morgan fingerprint density at radius 1 is 1.24 bits per heavy atom. The van der Waals surface area contributed by atoms with E-state index in [1.54, 1.807) is 19.1 Å². The van der Waals surface area contributed by atoms with Crippen LogP contribution in [0.1, 0.15) is 11.1 Å². The van der Waals surface area contributed by atoms with Crippen LogP contribution in [0.3, 0.4) is 0 Å². The molecule has 0 saturated heterocycles. The minimum Gasteiger partial charge on any atom is -0.435 e. The maximum absolute atomic E-state index is 13.4. The van der Waals surface area contributed by atoms with Crippen LogP contribution in [-0.4, -0.2) is 25.3 Å². The molecule has 0 aliphatic heterocycles. The van der Waals surface area contributed by atoms with Gasteiger partial charge < -0.3 is 14.9 Å². The molecule has 2 aromatic rings. The van der Waals surface area contributed by atoms with E-state index in [4.69, 9.17) is 4.84 Å². The molecule has 1 N–H and O–H groups in total. The number of carbonyl (C=O) groups is 1. The van der Waals surface area contributed by atoms with Gasteiger partial charge in [0.05, 0.1) is 6.21 Å². The molecular weight excluding hydrogens is 337 g/mol. The van der Waals surface area contributed by atoms with Gasteiger partial charge in [-0.05, 0) is 54.4 Å². The predicted molar refractivity (Wildman–Crippen MR) is 86.4 cm³/mol. The number of benzene rings is 2. The average Bonchev–Trinajstić information content (AvgIpc) is 2.56. The normalized spacial score (nSPS) is 10.9. The van der Waals surface area contributed by atoms with Crippen molar-refractivity contribution >= 4 is 17.8 Å². The van der Waals surface area contributed by atoms with Crippen molar-refractivity contribution in [1.82, 2.24) is 0 Å². The zero-order chi connectivity index (χ0) is 18.2. The number of ether oxygens (including phenoxy) is 1. The Morgan fingerprint density at radius 3 is 2.60 bits per heavy atom. The lowest BCUT2D eigenvalue weighted by molar-refractivity contribution is -0.120. The Labute approximate surface area is 142 Å². The highest BCUT2D eigenvalue weighted by Gasteiger charge is 2.05. The Hall–Kier alpha value is -3.03. The van der Waals surface area contributed by atoms with Crippen LogP contribution < -0.4 is 10.1 Å². The van der Waals surface area contributed by atoms with Crippen LogP contribution >= 0.6 is 0 Å². The van der Waals surface area contributed by atoms with E-state index in [-0.39, 0.29) is 12.4 Å². The van der Waals surface area contributed by atoms with Crippen molar-refractivity contribution in [2.45, 2.75) is 13.5 Å². The second kappa shape index (κ2) is 8.72. The summed E-state index contributed by atoms with van der Waals surface area (Å²) in [5.41, 5.74) is 1.36. The van der Waals surface area contributed by atoms with Gasteiger partial charge in [0, 0.05) is 5.69 Å². The molecule has 0 atom stereocenters. The summed E-state index contributed by atoms with van der Waals surface area (Å²) in [6.07, 6.45) is 1.31. The molecule has 25 heavy (non-hydrogen) atoms. The third-order valence-corrected chi connectivity index (χ3v) is 3.03. The predicted octanol–water partition coefficient (Wildman–Crippen LogP) is 3.72. The maximum atomic E-state index is 13.4. The van der Waals surface area contributed by atoms with Crippen molar-refractivity contribution < 1.29 is 27.5 Å². The number of carbonyl (C=O) groups excluding carboxylic acids is 1. The fourth-order valence-electron chi connectivity index (χ4n) is 1.80. The van der Waals surface area contributed by atoms with Crippen LogP contribution in [0.5, 0.6) is 5.75 Å². The summed E-state index contributed by atoms with van der Waals surface area (Å²) in [6, 6.07) is 10.0. The Kier molecular flexibility index (Phi) is 6.39. The monoisotopic (exact) mass is 352 g/mol.